The summed E-state index contributed by atoms with van der Waals surface area (Å²) in [6, 6.07) is 1.71. The number of hydrogen-bond acceptors (Lipinski definition) is 4. The molecule has 2 atom stereocenters. The van der Waals surface area contributed by atoms with E-state index in [0.29, 0.717) is 30.4 Å². The van der Waals surface area contributed by atoms with E-state index in [9.17, 15) is 8.42 Å². The van der Waals surface area contributed by atoms with Crippen molar-refractivity contribution in [3.63, 3.8) is 0 Å². The van der Waals surface area contributed by atoms with Crippen LogP contribution in [0.25, 0.3) is 0 Å². The minimum Gasteiger partial charge on any atom is -0.380 e. The van der Waals surface area contributed by atoms with Crippen molar-refractivity contribution in [1.29, 1.82) is 0 Å². The predicted octanol–water partition coefficient (Wildman–Crippen LogP) is 1.17. The molecule has 0 aliphatic carbocycles. The van der Waals surface area contributed by atoms with Crippen LogP contribution in [0.1, 0.15) is 26.0 Å². The minimum atomic E-state index is -3.44. The van der Waals surface area contributed by atoms with Crippen LogP contribution in [0.5, 0.6) is 0 Å². The maximum absolute atomic E-state index is 12.7. The number of methoxy groups -OCH3 is 1. The molecule has 1 aliphatic rings. The van der Waals surface area contributed by atoms with Crippen LogP contribution in [0.3, 0.4) is 0 Å². The summed E-state index contributed by atoms with van der Waals surface area (Å²) in [4.78, 5) is 3.35. The first-order valence-corrected chi connectivity index (χ1v) is 8.84. The fourth-order valence-electron chi connectivity index (χ4n) is 2.61. The molecule has 2 rings (SSSR count). The Morgan fingerprint density at radius 2 is 2.29 bits per heavy atom. The van der Waals surface area contributed by atoms with Crippen LogP contribution in [0, 0.1) is 5.92 Å². The van der Waals surface area contributed by atoms with Gasteiger partial charge in [0.15, 0.2) is 0 Å². The summed E-state index contributed by atoms with van der Waals surface area (Å²) >= 11 is 0. The van der Waals surface area contributed by atoms with Gasteiger partial charge in [-0.2, -0.15) is 4.31 Å². The summed E-state index contributed by atoms with van der Waals surface area (Å²) in [5, 5.41) is 3.17. The lowest BCUT2D eigenvalue weighted by atomic mass is 9.97. The van der Waals surface area contributed by atoms with Crippen molar-refractivity contribution in [2.45, 2.75) is 37.8 Å². The number of nitrogens with one attached hydrogen (secondary N) is 2. The van der Waals surface area contributed by atoms with E-state index in [4.69, 9.17) is 4.74 Å². The number of piperidine rings is 1. The van der Waals surface area contributed by atoms with Gasteiger partial charge in [-0.1, -0.05) is 13.8 Å². The molecule has 21 heavy (non-hydrogen) atoms. The molecule has 2 heterocycles. The third-order valence-corrected chi connectivity index (χ3v) is 5.92. The lowest BCUT2D eigenvalue weighted by molar-refractivity contribution is 0.0184. The van der Waals surface area contributed by atoms with E-state index >= 15 is 0 Å². The zero-order valence-corrected chi connectivity index (χ0v) is 13.7. The molecule has 0 saturated carbocycles. The Kier molecular flexibility index (Phi) is 5.43. The smallest absolute Gasteiger partial charge is 0.244 e. The van der Waals surface area contributed by atoms with Gasteiger partial charge in [0.25, 0.3) is 0 Å². The van der Waals surface area contributed by atoms with Gasteiger partial charge in [0.1, 0.15) is 0 Å². The number of rotatable bonds is 6. The second-order valence-electron chi connectivity index (χ2n) is 5.54. The lowest BCUT2D eigenvalue weighted by Gasteiger charge is -2.35. The van der Waals surface area contributed by atoms with E-state index in [1.165, 1.54) is 4.31 Å². The molecular formula is C14H25N3O3S. The summed E-state index contributed by atoms with van der Waals surface area (Å²) in [6.45, 7) is 6.58. The maximum atomic E-state index is 12.7. The van der Waals surface area contributed by atoms with Gasteiger partial charge >= 0.3 is 0 Å². The molecule has 0 bridgehead atoms. The molecule has 120 valence electrons. The first-order valence-electron chi connectivity index (χ1n) is 7.40. The first kappa shape index (κ1) is 16.5. The topological polar surface area (TPSA) is 74.4 Å². The summed E-state index contributed by atoms with van der Waals surface area (Å²) in [6.07, 6.45) is 2.36. The van der Waals surface area contributed by atoms with Crippen molar-refractivity contribution in [3.8, 4) is 0 Å². The molecule has 7 heteroatoms. The number of hydrogen-bond donors (Lipinski definition) is 2. The van der Waals surface area contributed by atoms with E-state index < -0.39 is 10.0 Å². The average molecular weight is 315 g/mol. The van der Waals surface area contributed by atoms with Crippen LogP contribution >= 0.6 is 0 Å². The summed E-state index contributed by atoms with van der Waals surface area (Å²) in [7, 11) is -1.80. The second kappa shape index (κ2) is 6.91. The van der Waals surface area contributed by atoms with Crippen LogP contribution in [-0.4, -0.2) is 50.6 Å². The van der Waals surface area contributed by atoms with Crippen molar-refractivity contribution in [3.05, 3.63) is 18.0 Å². The third-order valence-electron chi connectivity index (χ3n) is 4.07. The zero-order valence-electron chi connectivity index (χ0n) is 12.9. The molecule has 0 spiro atoms. The van der Waals surface area contributed by atoms with Gasteiger partial charge in [0.05, 0.1) is 11.0 Å². The van der Waals surface area contributed by atoms with Crippen LogP contribution in [0.4, 0.5) is 0 Å². The molecule has 1 aromatic rings. The Morgan fingerprint density at radius 3 is 2.95 bits per heavy atom. The highest BCUT2D eigenvalue weighted by Crippen LogP contribution is 2.25. The Morgan fingerprint density at radius 1 is 1.52 bits per heavy atom. The van der Waals surface area contributed by atoms with Crippen LogP contribution in [-0.2, 0) is 21.3 Å². The van der Waals surface area contributed by atoms with E-state index in [1.807, 2.05) is 6.92 Å². The molecule has 1 saturated heterocycles. The Labute approximate surface area is 126 Å². The van der Waals surface area contributed by atoms with Gasteiger partial charge in [-0.25, -0.2) is 8.42 Å². The third kappa shape index (κ3) is 3.66. The number of aromatic amines is 1. The van der Waals surface area contributed by atoms with Crippen LogP contribution in [0.2, 0.25) is 0 Å². The molecule has 6 nitrogen and oxygen atoms in total. The molecule has 0 aromatic carbocycles. The Hall–Kier alpha value is -0.890. The van der Waals surface area contributed by atoms with Crippen molar-refractivity contribution in [2.75, 3.05) is 26.7 Å². The number of nitrogens with zero attached hydrogens (tertiary/aromatic N) is 1. The Balaban J connectivity index is 2.12. The van der Waals surface area contributed by atoms with Gasteiger partial charge in [0, 0.05) is 38.6 Å². The summed E-state index contributed by atoms with van der Waals surface area (Å²) in [5.41, 5.74) is 0.879. The average Bonchev–Trinajstić information content (AvgIpc) is 2.95. The fourth-order valence-corrected chi connectivity index (χ4v) is 4.10. The minimum absolute atomic E-state index is 0.0336. The van der Waals surface area contributed by atoms with E-state index in [2.05, 4.69) is 17.2 Å². The molecular weight excluding hydrogens is 290 g/mol. The lowest BCUT2D eigenvalue weighted by Crippen LogP contribution is -2.46. The highest BCUT2D eigenvalue weighted by molar-refractivity contribution is 7.89. The zero-order chi connectivity index (χ0) is 15.5. The van der Waals surface area contributed by atoms with Crippen molar-refractivity contribution in [1.82, 2.24) is 14.6 Å². The first-order chi connectivity index (χ1) is 9.98. The van der Waals surface area contributed by atoms with Gasteiger partial charge in [-0.05, 0) is 24.9 Å². The predicted molar refractivity (Wildman–Crippen MR) is 81.5 cm³/mol. The van der Waals surface area contributed by atoms with Gasteiger partial charge in [-0.3, -0.25) is 0 Å². The standard InChI is InChI=1S/C14H25N3O3S/c1-4-15-8-12-7-13(9-16-12)21(18,19)17-6-5-11(2)14(10-17)20-3/h7,9,11,14-16H,4-6,8,10H2,1-3H3. The van der Waals surface area contributed by atoms with E-state index in [1.54, 1.807) is 19.4 Å². The Bertz CT molecular complexity index is 556. The van der Waals surface area contributed by atoms with Gasteiger partial charge in [0.2, 0.25) is 10.0 Å². The molecule has 2 N–H and O–H groups in total. The SMILES string of the molecule is CCNCc1cc(S(=O)(=O)N2CCC(C)C(OC)C2)c[nH]1. The van der Waals surface area contributed by atoms with Crippen LogP contribution in [0.15, 0.2) is 17.2 Å². The molecule has 2 unspecified atom stereocenters. The fraction of sp³-hybridized carbons (Fsp3) is 0.714. The largest absolute Gasteiger partial charge is 0.380 e. The van der Waals surface area contributed by atoms with Gasteiger partial charge in [-0.15, -0.1) is 0 Å². The maximum Gasteiger partial charge on any atom is 0.244 e. The van der Waals surface area contributed by atoms with Gasteiger partial charge < -0.3 is 15.0 Å². The van der Waals surface area contributed by atoms with Crippen molar-refractivity contribution < 1.29 is 13.2 Å². The molecule has 1 aromatic heterocycles. The molecule has 1 fully saturated rings. The number of ether oxygens (including phenoxy) is 1. The normalized spacial score (nSPS) is 24.3. The highest BCUT2D eigenvalue weighted by Gasteiger charge is 2.34. The van der Waals surface area contributed by atoms with Crippen LogP contribution < -0.4 is 5.32 Å². The number of H-pyrrole nitrogens is 1. The van der Waals surface area contributed by atoms with Crippen molar-refractivity contribution >= 4 is 10.0 Å². The number of aromatic nitrogens is 1. The van der Waals surface area contributed by atoms with E-state index in [0.717, 1.165) is 18.7 Å². The molecule has 0 amide bonds. The van der Waals surface area contributed by atoms with Crippen molar-refractivity contribution in [2.24, 2.45) is 5.92 Å². The molecule has 1 aliphatic heterocycles. The molecule has 0 radical (unpaired) electrons. The summed E-state index contributed by atoms with van der Waals surface area (Å²) in [5.74, 6) is 0.386. The summed E-state index contributed by atoms with van der Waals surface area (Å²) < 4.78 is 32.3. The highest BCUT2D eigenvalue weighted by atomic mass is 32.2. The number of sulfonamides is 1. The van der Waals surface area contributed by atoms with E-state index in [-0.39, 0.29) is 6.10 Å². The monoisotopic (exact) mass is 315 g/mol. The quantitative estimate of drug-likeness (QED) is 0.826. The second-order valence-corrected chi connectivity index (χ2v) is 7.48.